The predicted molar refractivity (Wildman–Crippen MR) is 69.0 cm³/mol. The molecule has 0 radical (unpaired) electrons. The molecule has 0 atom stereocenters. The van der Waals surface area contributed by atoms with E-state index in [4.69, 9.17) is 5.11 Å². The first kappa shape index (κ1) is 14.7. The topological polar surface area (TPSA) is 95.5 Å². The van der Waals surface area contributed by atoms with E-state index in [1.54, 1.807) is 18.2 Å². The number of carbonyl (C=O) groups excluding carboxylic acids is 2. The molecule has 0 saturated carbocycles. The summed E-state index contributed by atoms with van der Waals surface area (Å²) in [7, 11) is 1.51. The highest BCUT2D eigenvalue weighted by molar-refractivity contribution is 5.99. The molecule has 1 aromatic rings. The second kappa shape index (κ2) is 7.15. The van der Waals surface area contributed by atoms with Crippen LogP contribution in [0, 0.1) is 0 Å². The molecule has 0 bridgehead atoms. The van der Waals surface area contributed by atoms with Crippen molar-refractivity contribution in [3.63, 3.8) is 0 Å². The van der Waals surface area contributed by atoms with Gasteiger partial charge < -0.3 is 15.7 Å². The van der Waals surface area contributed by atoms with Gasteiger partial charge in [0, 0.05) is 31.1 Å². The van der Waals surface area contributed by atoms with Crippen LogP contribution in [0.25, 0.3) is 0 Å². The third-order valence-corrected chi connectivity index (χ3v) is 2.47. The number of amides is 2. The van der Waals surface area contributed by atoms with E-state index in [9.17, 15) is 14.4 Å². The van der Waals surface area contributed by atoms with Gasteiger partial charge in [-0.25, -0.2) is 0 Å². The lowest BCUT2D eigenvalue weighted by atomic mass is 10.1. The van der Waals surface area contributed by atoms with Crippen molar-refractivity contribution < 1.29 is 19.5 Å². The SMILES string of the molecule is CNC(=O)c1cccc(C(=O)NCCCC(=O)O)c1. The fourth-order valence-corrected chi connectivity index (χ4v) is 1.49. The second-order valence-electron chi connectivity index (χ2n) is 3.91. The first-order valence-electron chi connectivity index (χ1n) is 5.86. The summed E-state index contributed by atoms with van der Waals surface area (Å²) >= 11 is 0. The van der Waals surface area contributed by atoms with Crippen molar-refractivity contribution in [1.29, 1.82) is 0 Å². The molecule has 0 saturated heterocycles. The minimum atomic E-state index is -0.893. The molecule has 0 unspecified atom stereocenters. The monoisotopic (exact) mass is 264 g/mol. The van der Waals surface area contributed by atoms with E-state index in [2.05, 4.69) is 10.6 Å². The molecular weight excluding hydrogens is 248 g/mol. The number of hydrogen-bond acceptors (Lipinski definition) is 3. The van der Waals surface area contributed by atoms with Crippen LogP contribution in [-0.4, -0.2) is 36.5 Å². The summed E-state index contributed by atoms with van der Waals surface area (Å²) in [5.41, 5.74) is 0.775. The summed E-state index contributed by atoms with van der Waals surface area (Å²) in [5.74, 6) is -1.48. The number of benzene rings is 1. The highest BCUT2D eigenvalue weighted by atomic mass is 16.4. The predicted octanol–water partition coefficient (Wildman–Crippen LogP) is 0.641. The standard InChI is InChI=1S/C13H16N2O4/c1-14-12(18)9-4-2-5-10(8-9)13(19)15-7-3-6-11(16)17/h2,4-5,8H,3,6-7H2,1H3,(H,14,18)(H,15,19)(H,16,17). The molecule has 0 heterocycles. The van der Waals surface area contributed by atoms with E-state index < -0.39 is 5.97 Å². The molecule has 19 heavy (non-hydrogen) atoms. The summed E-state index contributed by atoms with van der Waals surface area (Å²) < 4.78 is 0. The van der Waals surface area contributed by atoms with Gasteiger partial charge >= 0.3 is 5.97 Å². The van der Waals surface area contributed by atoms with Crippen LogP contribution in [0.1, 0.15) is 33.6 Å². The van der Waals surface area contributed by atoms with Crippen LogP contribution < -0.4 is 10.6 Å². The fourth-order valence-electron chi connectivity index (χ4n) is 1.49. The number of hydrogen-bond donors (Lipinski definition) is 3. The Balaban J connectivity index is 2.57. The highest BCUT2D eigenvalue weighted by Crippen LogP contribution is 2.05. The van der Waals surface area contributed by atoms with Gasteiger partial charge in [0.05, 0.1) is 0 Å². The van der Waals surface area contributed by atoms with Crippen LogP contribution in [-0.2, 0) is 4.79 Å². The van der Waals surface area contributed by atoms with Gasteiger partial charge in [0.2, 0.25) is 0 Å². The third kappa shape index (κ3) is 4.79. The van der Waals surface area contributed by atoms with Crippen LogP contribution in [0.2, 0.25) is 0 Å². The smallest absolute Gasteiger partial charge is 0.303 e. The summed E-state index contributed by atoms with van der Waals surface area (Å²) in [5, 5.41) is 13.5. The minimum absolute atomic E-state index is 0.0125. The quantitative estimate of drug-likeness (QED) is 0.657. The van der Waals surface area contributed by atoms with Crippen molar-refractivity contribution in [2.45, 2.75) is 12.8 Å². The Morgan fingerprint density at radius 2 is 1.79 bits per heavy atom. The number of carbonyl (C=O) groups is 3. The number of nitrogens with one attached hydrogen (secondary N) is 2. The zero-order valence-corrected chi connectivity index (χ0v) is 10.6. The average molecular weight is 264 g/mol. The molecule has 1 aromatic carbocycles. The van der Waals surface area contributed by atoms with Crippen molar-refractivity contribution in [1.82, 2.24) is 10.6 Å². The Morgan fingerprint density at radius 1 is 1.16 bits per heavy atom. The van der Waals surface area contributed by atoms with Gasteiger partial charge in [0.1, 0.15) is 0 Å². The fraction of sp³-hybridized carbons (Fsp3) is 0.308. The Bertz CT molecular complexity index is 485. The maximum Gasteiger partial charge on any atom is 0.303 e. The summed E-state index contributed by atoms with van der Waals surface area (Å²) in [6, 6.07) is 6.32. The maximum absolute atomic E-state index is 11.8. The van der Waals surface area contributed by atoms with E-state index in [1.807, 2.05) is 0 Å². The molecule has 1 rings (SSSR count). The Hall–Kier alpha value is -2.37. The van der Waals surface area contributed by atoms with E-state index in [-0.39, 0.29) is 24.8 Å². The molecule has 0 fully saturated rings. The number of aliphatic carboxylic acids is 1. The molecular formula is C13H16N2O4. The van der Waals surface area contributed by atoms with Crippen LogP contribution in [0.4, 0.5) is 0 Å². The lowest BCUT2D eigenvalue weighted by Crippen LogP contribution is -2.25. The molecule has 102 valence electrons. The van der Waals surface area contributed by atoms with Crippen LogP contribution in [0.5, 0.6) is 0 Å². The lowest BCUT2D eigenvalue weighted by Gasteiger charge is -2.06. The van der Waals surface area contributed by atoms with Gasteiger partial charge in [-0.2, -0.15) is 0 Å². The zero-order valence-electron chi connectivity index (χ0n) is 10.6. The van der Waals surface area contributed by atoms with Gasteiger partial charge in [0.15, 0.2) is 0 Å². The first-order valence-corrected chi connectivity index (χ1v) is 5.86. The minimum Gasteiger partial charge on any atom is -0.481 e. The summed E-state index contributed by atoms with van der Waals surface area (Å²) in [4.78, 5) is 33.5. The number of carboxylic acid groups (broad SMARTS) is 1. The molecule has 2 amide bonds. The molecule has 6 nitrogen and oxygen atoms in total. The Labute approximate surface area is 110 Å². The van der Waals surface area contributed by atoms with Gasteiger partial charge in [-0.05, 0) is 24.6 Å². The van der Waals surface area contributed by atoms with Crippen molar-refractivity contribution in [3.8, 4) is 0 Å². The van der Waals surface area contributed by atoms with Crippen molar-refractivity contribution in [3.05, 3.63) is 35.4 Å². The van der Waals surface area contributed by atoms with Crippen molar-refractivity contribution in [2.24, 2.45) is 0 Å². The highest BCUT2D eigenvalue weighted by Gasteiger charge is 2.09. The summed E-state index contributed by atoms with van der Waals surface area (Å²) in [6.45, 7) is 0.287. The van der Waals surface area contributed by atoms with Crippen molar-refractivity contribution >= 4 is 17.8 Å². The molecule has 6 heteroatoms. The first-order chi connectivity index (χ1) is 9.04. The normalized spacial score (nSPS) is 9.74. The Kier molecular flexibility index (Phi) is 5.53. The largest absolute Gasteiger partial charge is 0.481 e. The van der Waals surface area contributed by atoms with Crippen LogP contribution in [0.15, 0.2) is 24.3 Å². The molecule has 3 N–H and O–H groups in total. The molecule has 0 aliphatic carbocycles. The molecule has 0 spiro atoms. The number of carboxylic acids is 1. The van der Waals surface area contributed by atoms with E-state index in [1.165, 1.54) is 13.1 Å². The molecule has 0 aromatic heterocycles. The van der Waals surface area contributed by atoms with Gasteiger partial charge in [-0.1, -0.05) is 6.07 Å². The van der Waals surface area contributed by atoms with E-state index in [0.717, 1.165) is 0 Å². The summed E-state index contributed by atoms with van der Waals surface area (Å²) in [6.07, 6.45) is 0.384. The lowest BCUT2D eigenvalue weighted by molar-refractivity contribution is -0.137. The molecule has 0 aliphatic rings. The van der Waals surface area contributed by atoms with E-state index in [0.29, 0.717) is 17.5 Å². The zero-order chi connectivity index (χ0) is 14.3. The van der Waals surface area contributed by atoms with Crippen LogP contribution >= 0.6 is 0 Å². The van der Waals surface area contributed by atoms with E-state index >= 15 is 0 Å². The average Bonchev–Trinajstić information content (AvgIpc) is 2.42. The van der Waals surface area contributed by atoms with Gasteiger partial charge in [-0.15, -0.1) is 0 Å². The number of rotatable bonds is 6. The van der Waals surface area contributed by atoms with Crippen LogP contribution in [0.3, 0.4) is 0 Å². The van der Waals surface area contributed by atoms with Crippen molar-refractivity contribution in [2.75, 3.05) is 13.6 Å². The second-order valence-corrected chi connectivity index (χ2v) is 3.91. The van der Waals surface area contributed by atoms with Gasteiger partial charge in [0.25, 0.3) is 11.8 Å². The maximum atomic E-state index is 11.8. The third-order valence-electron chi connectivity index (χ3n) is 2.47. The Morgan fingerprint density at radius 3 is 2.37 bits per heavy atom. The van der Waals surface area contributed by atoms with Gasteiger partial charge in [-0.3, -0.25) is 14.4 Å². The molecule has 0 aliphatic heterocycles.